The molecular formula is C46H47N5O4. The summed E-state index contributed by atoms with van der Waals surface area (Å²) in [4.78, 5) is 26.9. The van der Waals surface area contributed by atoms with Crippen molar-refractivity contribution >= 4 is 16.9 Å². The van der Waals surface area contributed by atoms with Crippen LogP contribution in [0.15, 0.2) is 134 Å². The Bertz CT molecular complexity index is 2210. The van der Waals surface area contributed by atoms with Crippen LogP contribution in [0.4, 0.5) is 0 Å². The molecule has 1 aromatic heterocycles. The van der Waals surface area contributed by atoms with E-state index in [9.17, 15) is 9.90 Å². The van der Waals surface area contributed by atoms with Crippen LogP contribution in [0.2, 0.25) is 0 Å². The van der Waals surface area contributed by atoms with Crippen molar-refractivity contribution in [2.24, 2.45) is 5.92 Å². The average Bonchev–Trinajstić information content (AvgIpc) is 3.24. The number of carbonyl (C=O) groups excluding carboxylic acids is 1. The zero-order chi connectivity index (χ0) is 37.6. The van der Waals surface area contributed by atoms with Crippen molar-refractivity contribution in [1.29, 1.82) is 0 Å². The molecule has 8 rings (SSSR count). The first-order chi connectivity index (χ1) is 27.0. The van der Waals surface area contributed by atoms with Gasteiger partial charge in [-0.2, -0.15) is 0 Å². The summed E-state index contributed by atoms with van der Waals surface area (Å²) in [7, 11) is 0. The van der Waals surface area contributed by atoms with Crippen molar-refractivity contribution in [1.82, 2.24) is 25.1 Å². The van der Waals surface area contributed by atoms with Gasteiger partial charge < -0.3 is 19.9 Å². The number of hydrogen-bond acceptors (Lipinski definition) is 8. The fraction of sp³-hybridized carbons (Fsp3) is 0.283. The summed E-state index contributed by atoms with van der Waals surface area (Å²) in [6.07, 6.45) is 0.722. The Morgan fingerprint density at radius 1 is 0.727 bits per heavy atom. The highest BCUT2D eigenvalue weighted by Gasteiger charge is 2.39. The molecule has 5 aromatic carbocycles. The zero-order valence-corrected chi connectivity index (χ0v) is 31.1. The highest BCUT2D eigenvalue weighted by atomic mass is 16.7. The van der Waals surface area contributed by atoms with Gasteiger partial charge in [0.25, 0.3) is 5.91 Å². The molecule has 0 bridgehead atoms. The Labute approximate surface area is 322 Å². The second-order valence-corrected chi connectivity index (χ2v) is 14.6. The van der Waals surface area contributed by atoms with Crippen LogP contribution >= 0.6 is 0 Å². The van der Waals surface area contributed by atoms with Gasteiger partial charge in [-0.25, -0.2) is 4.98 Å². The molecule has 0 aliphatic carbocycles. The molecule has 0 radical (unpaired) electrons. The summed E-state index contributed by atoms with van der Waals surface area (Å²) in [5, 5.41) is 12.7. The summed E-state index contributed by atoms with van der Waals surface area (Å²) in [6.45, 7) is 8.40. The molecule has 0 unspecified atom stereocenters. The second kappa shape index (κ2) is 17.0. The van der Waals surface area contributed by atoms with Gasteiger partial charge in [-0.05, 0) is 57.6 Å². The molecule has 0 spiro atoms. The third-order valence-electron chi connectivity index (χ3n) is 10.8. The SMILES string of the molecule is C[C@@H]1[C@H](CN2CCN(Cc3ccccc3)CC2)O[C@H](c2cccc(-c3cccc(CNC(=O)c4cnc5ccccc5n4)c3)c2)O[C@@H]1c1ccc(CO)cc1. The van der Waals surface area contributed by atoms with E-state index in [0.717, 1.165) is 78.2 Å². The van der Waals surface area contributed by atoms with Crippen molar-refractivity contribution < 1.29 is 19.4 Å². The fourth-order valence-corrected chi connectivity index (χ4v) is 7.62. The van der Waals surface area contributed by atoms with Gasteiger partial charge in [-0.3, -0.25) is 19.6 Å². The highest BCUT2D eigenvalue weighted by Crippen LogP contribution is 2.42. The number of aromatic nitrogens is 2. The quantitative estimate of drug-likeness (QED) is 0.143. The number of rotatable bonds is 11. The number of fused-ring (bicyclic) bond motifs is 1. The lowest BCUT2D eigenvalue weighted by atomic mass is 9.89. The van der Waals surface area contributed by atoms with E-state index < -0.39 is 6.29 Å². The Balaban J connectivity index is 0.969. The molecule has 2 aliphatic rings. The van der Waals surface area contributed by atoms with E-state index in [1.54, 1.807) is 0 Å². The Hall–Kier alpha value is -5.29. The number of carbonyl (C=O) groups is 1. The number of ether oxygens (including phenoxy) is 2. The fourth-order valence-electron chi connectivity index (χ4n) is 7.62. The first kappa shape index (κ1) is 36.7. The summed E-state index contributed by atoms with van der Waals surface area (Å²) >= 11 is 0. The van der Waals surface area contributed by atoms with Gasteiger partial charge in [0, 0.05) is 57.3 Å². The molecular weight excluding hydrogens is 687 g/mol. The van der Waals surface area contributed by atoms with E-state index >= 15 is 0 Å². The van der Waals surface area contributed by atoms with E-state index in [1.807, 2.05) is 54.6 Å². The van der Waals surface area contributed by atoms with E-state index in [-0.39, 0.29) is 36.3 Å². The summed E-state index contributed by atoms with van der Waals surface area (Å²) in [5.74, 6) is -0.162. The zero-order valence-electron chi connectivity index (χ0n) is 31.1. The highest BCUT2D eigenvalue weighted by molar-refractivity contribution is 5.93. The maximum atomic E-state index is 13.0. The Morgan fingerprint density at radius 2 is 1.42 bits per heavy atom. The first-order valence-corrected chi connectivity index (χ1v) is 19.2. The molecule has 0 saturated carbocycles. The normalized spacial score (nSPS) is 20.7. The molecule has 2 aliphatic heterocycles. The van der Waals surface area contributed by atoms with E-state index in [4.69, 9.17) is 9.47 Å². The van der Waals surface area contributed by atoms with Crippen LogP contribution in [0, 0.1) is 5.92 Å². The van der Waals surface area contributed by atoms with Crippen LogP contribution in [-0.4, -0.2) is 69.6 Å². The smallest absolute Gasteiger partial charge is 0.271 e. The van der Waals surface area contributed by atoms with Crippen LogP contribution in [0.1, 0.15) is 57.6 Å². The lowest BCUT2D eigenvalue weighted by Gasteiger charge is -2.44. The molecule has 9 heteroatoms. The van der Waals surface area contributed by atoms with Gasteiger partial charge in [-0.15, -0.1) is 0 Å². The van der Waals surface area contributed by atoms with E-state index in [0.29, 0.717) is 12.1 Å². The van der Waals surface area contributed by atoms with E-state index in [2.05, 4.69) is 105 Å². The predicted octanol–water partition coefficient (Wildman–Crippen LogP) is 7.33. The predicted molar refractivity (Wildman–Crippen MR) is 214 cm³/mol. The number of piperazine rings is 1. The maximum absolute atomic E-state index is 13.0. The number of para-hydroxylation sites is 2. The van der Waals surface area contributed by atoms with Gasteiger partial charge in [0.1, 0.15) is 5.69 Å². The molecule has 9 nitrogen and oxygen atoms in total. The molecule has 2 fully saturated rings. The number of aliphatic hydroxyl groups is 1. The molecule has 2 N–H and O–H groups in total. The van der Waals surface area contributed by atoms with Crippen molar-refractivity contribution in [3.8, 4) is 11.1 Å². The van der Waals surface area contributed by atoms with E-state index in [1.165, 1.54) is 11.8 Å². The summed E-state index contributed by atoms with van der Waals surface area (Å²) in [5.41, 5.74) is 9.02. The van der Waals surface area contributed by atoms with Crippen LogP contribution < -0.4 is 5.32 Å². The van der Waals surface area contributed by atoms with Crippen LogP contribution in [0.5, 0.6) is 0 Å². The lowest BCUT2D eigenvalue weighted by molar-refractivity contribution is -0.276. The Morgan fingerprint density at radius 3 is 2.20 bits per heavy atom. The number of hydrogen-bond donors (Lipinski definition) is 2. The summed E-state index contributed by atoms with van der Waals surface area (Å²) < 4.78 is 13.7. The lowest BCUT2D eigenvalue weighted by Crippen LogP contribution is -2.51. The van der Waals surface area contributed by atoms with Crippen LogP contribution in [0.25, 0.3) is 22.2 Å². The topological polar surface area (TPSA) is 100 Å². The molecule has 280 valence electrons. The molecule has 2 saturated heterocycles. The summed E-state index contributed by atoms with van der Waals surface area (Å²) in [6, 6.07) is 42.9. The van der Waals surface area contributed by atoms with Gasteiger partial charge in [0.15, 0.2) is 6.29 Å². The third kappa shape index (κ3) is 8.83. The van der Waals surface area contributed by atoms with Crippen LogP contribution in [-0.2, 0) is 29.2 Å². The minimum absolute atomic E-state index is 0.00543. The maximum Gasteiger partial charge on any atom is 0.271 e. The second-order valence-electron chi connectivity index (χ2n) is 14.6. The largest absolute Gasteiger partial charge is 0.392 e. The average molecular weight is 734 g/mol. The first-order valence-electron chi connectivity index (χ1n) is 19.2. The van der Waals surface area contributed by atoms with Crippen molar-refractivity contribution in [3.05, 3.63) is 167 Å². The Kier molecular flexibility index (Phi) is 11.3. The monoisotopic (exact) mass is 733 g/mol. The van der Waals surface area contributed by atoms with Crippen molar-refractivity contribution in [2.45, 2.75) is 45.1 Å². The van der Waals surface area contributed by atoms with Gasteiger partial charge in [-0.1, -0.05) is 110 Å². The van der Waals surface area contributed by atoms with Gasteiger partial charge >= 0.3 is 0 Å². The number of nitrogens with one attached hydrogen (secondary N) is 1. The van der Waals surface area contributed by atoms with Crippen molar-refractivity contribution in [3.63, 3.8) is 0 Å². The number of aliphatic hydroxyl groups excluding tert-OH is 1. The molecule has 55 heavy (non-hydrogen) atoms. The third-order valence-corrected chi connectivity index (χ3v) is 10.8. The molecule has 6 aromatic rings. The molecule has 3 heterocycles. The van der Waals surface area contributed by atoms with Gasteiger partial charge in [0.05, 0.1) is 36.0 Å². The van der Waals surface area contributed by atoms with Crippen molar-refractivity contribution in [2.75, 3.05) is 32.7 Å². The van der Waals surface area contributed by atoms with Gasteiger partial charge in [0.2, 0.25) is 0 Å². The minimum Gasteiger partial charge on any atom is -0.392 e. The number of nitrogens with zero attached hydrogens (tertiary/aromatic N) is 4. The van der Waals surface area contributed by atoms with Crippen LogP contribution in [0.3, 0.4) is 0 Å². The number of benzene rings is 5. The number of amides is 1. The minimum atomic E-state index is -0.562. The molecule has 4 atom stereocenters. The molecule has 1 amide bonds. The standard InChI is InChI=1S/C46H47N5O4/c1-32-43(30-51-23-21-50(22-24-51)29-33-9-3-2-4-10-33)54-46(55-44(32)36-19-17-34(31-52)18-20-36)39-14-8-13-38(26-39)37-12-7-11-35(25-37)27-48-45(53)42-28-47-40-15-5-6-16-41(40)49-42/h2-20,25-26,28,32,43-44,46,52H,21-24,27,29-31H2,1H3,(H,48,53)/t32-,43+,44+,46+/m1/s1.